The van der Waals surface area contributed by atoms with Crippen LogP contribution in [0.25, 0.3) is 10.7 Å². The van der Waals surface area contributed by atoms with Crippen molar-refractivity contribution in [3.8, 4) is 10.7 Å². The summed E-state index contributed by atoms with van der Waals surface area (Å²) >= 11 is 3.07. The summed E-state index contributed by atoms with van der Waals surface area (Å²) in [6, 6.07) is 10.5. The van der Waals surface area contributed by atoms with E-state index in [0.717, 1.165) is 34.3 Å². The smallest absolute Gasteiger partial charge is 0.233 e. The maximum Gasteiger partial charge on any atom is 0.233 e. The van der Waals surface area contributed by atoms with E-state index in [4.69, 9.17) is 0 Å². The third kappa shape index (κ3) is 4.12. The number of carbonyl (C=O) groups excluding carboxylic acids is 1. The zero-order chi connectivity index (χ0) is 19.7. The molecule has 0 bridgehead atoms. The van der Waals surface area contributed by atoms with Gasteiger partial charge in [-0.15, -0.1) is 21.5 Å². The van der Waals surface area contributed by atoms with Gasteiger partial charge in [-0.25, -0.2) is 4.39 Å². The lowest BCUT2D eigenvalue weighted by atomic mass is 10.1. The summed E-state index contributed by atoms with van der Waals surface area (Å²) in [5.74, 6) is 0.518. The fourth-order valence-electron chi connectivity index (χ4n) is 2.97. The highest BCUT2D eigenvalue weighted by Crippen LogP contribution is 2.42. The lowest BCUT2D eigenvalue weighted by Gasteiger charge is -2.18. The number of thioether (sulfide) groups is 1. The Kier molecular flexibility index (Phi) is 5.50. The molecule has 1 amide bonds. The van der Waals surface area contributed by atoms with Crippen molar-refractivity contribution in [3.63, 3.8) is 0 Å². The molecule has 2 atom stereocenters. The minimum absolute atomic E-state index is 0.0788. The van der Waals surface area contributed by atoms with Crippen LogP contribution in [0.3, 0.4) is 0 Å². The number of amides is 1. The van der Waals surface area contributed by atoms with Crippen molar-refractivity contribution >= 4 is 29.0 Å². The van der Waals surface area contributed by atoms with E-state index in [0.29, 0.717) is 6.04 Å². The van der Waals surface area contributed by atoms with E-state index in [-0.39, 0.29) is 23.0 Å². The summed E-state index contributed by atoms with van der Waals surface area (Å²) in [4.78, 5) is 13.8. The SMILES string of the molecule is C[C@H](Sc1nnc(-c2cccs2)n1C1CC1)C(=O)N[C@H](C)c1ccc(F)cc1. The van der Waals surface area contributed by atoms with Crippen LogP contribution >= 0.6 is 23.1 Å². The van der Waals surface area contributed by atoms with Gasteiger partial charge in [0, 0.05) is 6.04 Å². The summed E-state index contributed by atoms with van der Waals surface area (Å²) in [5, 5.41) is 14.2. The van der Waals surface area contributed by atoms with Gasteiger partial charge in [0.2, 0.25) is 5.91 Å². The van der Waals surface area contributed by atoms with Crippen molar-refractivity contribution in [2.75, 3.05) is 0 Å². The number of rotatable bonds is 7. The maximum absolute atomic E-state index is 13.1. The van der Waals surface area contributed by atoms with Gasteiger partial charge in [-0.2, -0.15) is 0 Å². The van der Waals surface area contributed by atoms with E-state index in [1.165, 1.54) is 23.9 Å². The van der Waals surface area contributed by atoms with Crippen molar-refractivity contribution < 1.29 is 9.18 Å². The Morgan fingerprint density at radius 3 is 2.64 bits per heavy atom. The first-order chi connectivity index (χ1) is 13.5. The van der Waals surface area contributed by atoms with Crippen molar-refractivity contribution in [3.05, 3.63) is 53.2 Å². The van der Waals surface area contributed by atoms with E-state index in [1.807, 2.05) is 31.4 Å². The van der Waals surface area contributed by atoms with Crippen LogP contribution in [0.4, 0.5) is 4.39 Å². The predicted octanol–water partition coefficient (Wildman–Crippen LogP) is 4.84. The number of nitrogens with one attached hydrogen (secondary N) is 1. The molecule has 8 heteroatoms. The molecule has 0 aliphatic heterocycles. The number of thiophene rings is 1. The van der Waals surface area contributed by atoms with Crippen LogP contribution in [0, 0.1) is 5.82 Å². The largest absolute Gasteiger partial charge is 0.349 e. The number of carbonyl (C=O) groups is 1. The Morgan fingerprint density at radius 1 is 1.25 bits per heavy atom. The van der Waals surface area contributed by atoms with Crippen LogP contribution < -0.4 is 5.32 Å². The number of benzene rings is 1. The van der Waals surface area contributed by atoms with Gasteiger partial charge in [-0.1, -0.05) is 30.0 Å². The molecule has 28 heavy (non-hydrogen) atoms. The molecule has 2 aromatic heterocycles. The van der Waals surface area contributed by atoms with Crippen molar-refractivity contribution in [2.24, 2.45) is 0 Å². The summed E-state index contributed by atoms with van der Waals surface area (Å²) in [6.07, 6.45) is 2.23. The van der Waals surface area contributed by atoms with Gasteiger partial charge in [-0.3, -0.25) is 9.36 Å². The standard InChI is InChI=1S/C20H21FN4OS2/c1-12(14-5-7-15(21)8-6-14)22-19(26)13(2)28-20-24-23-18(17-4-3-11-27-17)25(20)16-9-10-16/h3-8,11-13,16H,9-10H2,1-2H3,(H,22,26)/t12-,13+/m1/s1. The Balaban J connectivity index is 1.45. The van der Waals surface area contributed by atoms with Gasteiger partial charge in [0.25, 0.3) is 0 Å². The zero-order valence-electron chi connectivity index (χ0n) is 15.6. The number of hydrogen-bond donors (Lipinski definition) is 1. The quantitative estimate of drug-likeness (QED) is 0.560. The molecule has 1 aromatic carbocycles. The number of halogens is 1. The predicted molar refractivity (Wildman–Crippen MR) is 110 cm³/mol. The number of aromatic nitrogens is 3. The topological polar surface area (TPSA) is 59.8 Å². The lowest BCUT2D eigenvalue weighted by Crippen LogP contribution is -2.33. The van der Waals surface area contributed by atoms with Gasteiger partial charge < -0.3 is 5.32 Å². The first kappa shape index (κ1) is 19.1. The molecule has 5 nitrogen and oxygen atoms in total. The molecule has 146 valence electrons. The van der Waals surface area contributed by atoms with Gasteiger partial charge in [0.05, 0.1) is 16.2 Å². The van der Waals surface area contributed by atoms with E-state index >= 15 is 0 Å². The van der Waals surface area contributed by atoms with E-state index in [9.17, 15) is 9.18 Å². The van der Waals surface area contributed by atoms with E-state index < -0.39 is 0 Å². The first-order valence-electron chi connectivity index (χ1n) is 9.24. The minimum Gasteiger partial charge on any atom is -0.349 e. The van der Waals surface area contributed by atoms with Gasteiger partial charge in [-0.05, 0) is 55.8 Å². The molecule has 0 spiro atoms. The summed E-state index contributed by atoms with van der Waals surface area (Å²) < 4.78 is 15.3. The van der Waals surface area contributed by atoms with Crippen LogP contribution in [0.1, 0.15) is 44.3 Å². The van der Waals surface area contributed by atoms with Crippen molar-refractivity contribution in [2.45, 2.75) is 49.2 Å². The monoisotopic (exact) mass is 416 g/mol. The normalized spacial score (nSPS) is 16.0. The summed E-state index contributed by atoms with van der Waals surface area (Å²) in [5.41, 5.74) is 0.869. The molecule has 2 heterocycles. The molecule has 4 rings (SSSR count). The molecular formula is C20H21FN4OS2. The molecule has 1 fully saturated rings. The summed E-state index contributed by atoms with van der Waals surface area (Å²) in [6.45, 7) is 3.76. The fraction of sp³-hybridized carbons (Fsp3) is 0.350. The maximum atomic E-state index is 13.1. The number of nitrogens with zero attached hydrogens (tertiary/aromatic N) is 3. The van der Waals surface area contributed by atoms with Crippen LogP contribution in [-0.2, 0) is 4.79 Å². The van der Waals surface area contributed by atoms with Crippen LogP contribution in [0.2, 0.25) is 0 Å². The van der Waals surface area contributed by atoms with Crippen LogP contribution in [-0.4, -0.2) is 25.9 Å². The molecule has 0 saturated heterocycles. The molecule has 0 radical (unpaired) electrons. The second kappa shape index (κ2) is 8.05. The third-order valence-electron chi connectivity index (χ3n) is 4.70. The molecule has 0 unspecified atom stereocenters. The van der Waals surface area contributed by atoms with E-state index in [1.54, 1.807) is 23.5 Å². The van der Waals surface area contributed by atoms with Gasteiger partial charge in [0.15, 0.2) is 11.0 Å². The average Bonchev–Trinajstić information content (AvgIpc) is 3.20. The van der Waals surface area contributed by atoms with Crippen LogP contribution in [0.15, 0.2) is 46.9 Å². The van der Waals surface area contributed by atoms with Gasteiger partial charge >= 0.3 is 0 Å². The third-order valence-corrected chi connectivity index (χ3v) is 6.62. The highest BCUT2D eigenvalue weighted by molar-refractivity contribution is 8.00. The highest BCUT2D eigenvalue weighted by atomic mass is 32.2. The second-order valence-corrected chi connectivity index (χ2v) is 9.18. The molecule has 1 saturated carbocycles. The van der Waals surface area contributed by atoms with E-state index in [2.05, 4.69) is 20.1 Å². The number of hydrogen-bond acceptors (Lipinski definition) is 5. The molecule has 3 aromatic rings. The molecule has 1 aliphatic rings. The van der Waals surface area contributed by atoms with Crippen molar-refractivity contribution in [1.29, 1.82) is 0 Å². The minimum atomic E-state index is -0.319. The molecular weight excluding hydrogens is 395 g/mol. The Labute approximate surface area is 171 Å². The Bertz CT molecular complexity index is 951. The molecule has 1 aliphatic carbocycles. The Hall–Kier alpha value is -2.19. The first-order valence-corrected chi connectivity index (χ1v) is 11.0. The van der Waals surface area contributed by atoms with Crippen molar-refractivity contribution in [1.82, 2.24) is 20.1 Å². The zero-order valence-corrected chi connectivity index (χ0v) is 17.3. The lowest BCUT2D eigenvalue weighted by molar-refractivity contribution is -0.120. The van der Waals surface area contributed by atoms with Gasteiger partial charge in [0.1, 0.15) is 5.82 Å². The highest BCUT2D eigenvalue weighted by Gasteiger charge is 2.32. The fourth-order valence-corrected chi connectivity index (χ4v) is 4.60. The Morgan fingerprint density at radius 2 is 2.00 bits per heavy atom. The van der Waals surface area contributed by atoms with Crippen LogP contribution in [0.5, 0.6) is 0 Å². The molecule has 1 N–H and O–H groups in total. The summed E-state index contributed by atoms with van der Waals surface area (Å²) in [7, 11) is 0. The second-order valence-electron chi connectivity index (χ2n) is 6.93. The average molecular weight is 417 g/mol.